The number of halogens is 4. The van der Waals surface area contributed by atoms with E-state index in [1.54, 1.807) is 48.5 Å². The minimum Gasteiger partial charge on any atom is -0.337 e. The molecule has 0 bridgehead atoms. The third-order valence-electron chi connectivity index (χ3n) is 9.25. The summed E-state index contributed by atoms with van der Waals surface area (Å²) in [4.78, 5) is 17.2. The van der Waals surface area contributed by atoms with Gasteiger partial charge in [0.1, 0.15) is 5.82 Å². The van der Waals surface area contributed by atoms with Gasteiger partial charge in [-0.3, -0.25) is 9.44 Å². The summed E-state index contributed by atoms with van der Waals surface area (Å²) >= 11 is 5.70. The average Bonchev–Trinajstić information content (AvgIpc) is 3.95. The van der Waals surface area contributed by atoms with Crippen LogP contribution >= 0.6 is 39.0 Å². The number of rotatable bonds is 10. The fraction of sp³-hybridized carbons (Fsp3) is 0. The van der Waals surface area contributed by atoms with Crippen LogP contribution in [0, 0.1) is 17.5 Å². The van der Waals surface area contributed by atoms with Crippen molar-refractivity contribution in [2.24, 2.45) is 0 Å². The minimum atomic E-state index is -4.27. The molecule has 0 aliphatic carbocycles. The van der Waals surface area contributed by atoms with Gasteiger partial charge in [0, 0.05) is 32.9 Å². The maximum absolute atomic E-state index is 13.9. The first kappa shape index (κ1) is 42.5. The lowest BCUT2D eigenvalue weighted by Crippen LogP contribution is -2.16. The van der Waals surface area contributed by atoms with E-state index in [9.17, 15) is 30.0 Å². The second-order valence-electron chi connectivity index (χ2n) is 13.6. The summed E-state index contributed by atoms with van der Waals surface area (Å²) in [5, 5.41) is 11.9. The molecule has 10 aromatic rings. The SMILES string of the molecule is O=S(=O)(Nc1nc2ccccc2nc1Nc1ccc2nscc2c1)c1ccc(Br)c(F)c1.O=S(=O)(Nc1nc2ccccc2nc1Nc1ccc2nscc2c1)c1ccc(F)c(F)c1. The number of benzene rings is 6. The summed E-state index contributed by atoms with van der Waals surface area (Å²) < 4.78 is 106. The van der Waals surface area contributed by atoms with Crippen molar-refractivity contribution < 1.29 is 30.0 Å². The van der Waals surface area contributed by atoms with Crippen molar-refractivity contribution in [2.75, 3.05) is 20.1 Å². The van der Waals surface area contributed by atoms with Crippen molar-refractivity contribution in [3.05, 3.63) is 154 Å². The molecule has 320 valence electrons. The molecule has 4 N–H and O–H groups in total. The minimum absolute atomic E-state index is 0.00410. The Morgan fingerprint density at radius 2 is 0.875 bits per heavy atom. The van der Waals surface area contributed by atoms with Gasteiger partial charge < -0.3 is 10.6 Å². The summed E-state index contributed by atoms with van der Waals surface area (Å²) in [6, 6.07) is 31.0. The Balaban J connectivity index is 0.000000162. The highest BCUT2D eigenvalue weighted by atomic mass is 79.9. The molecule has 4 aromatic heterocycles. The molecule has 64 heavy (non-hydrogen) atoms. The van der Waals surface area contributed by atoms with Gasteiger partial charge in [0.25, 0.3) is 20.0 Å². The molecule has 0 saturated heterocycles. The van der Waals surface area contributed by atoms with Gasteiger partial charge in [-0.15, -0.1) is 0 Å². The Morgan fingerprint density at radius 3 is 1.31 bits per heavy atom. The molecule has 0 aliphatic heterocycles. The predicted octanol–water partition coefficient (Wildman–Crippen LogP) is 10.7. The first-order valence-corrected chi connectivity index (χ1v) is 23.9. The van der Waals surface area contributed by atoms with E-state index in [1.165, 1.54) is 35.2 Å². The fourth-order valence-corrected chi connectivity index (χ4v) is 9.71. The van der Waals surface area contributed by atoms with Gasteiger partial charge in [0.05, 0.1) is 47.4 Å². The molecule has 0 unspecified atom stereocenters. The van der Waals surface area contributed by atoms with E-state index in [0.717, 1.165) is 40.0 Å². The molecule has 22 heteroatoms. The Morgan fingerprint density at radius 1 is 0.453 bits per heavy atom. The molecule has 0 spiro atoms. The van der Waals surface area contributed by atoms with Crippen LogP contribution in [-0.2, 0) is 20.0 Å². The average molecular weight is 1000 g/mol. The van der Waals surface area contributed by atoms with Crippen LogP contribution in [0.3, 0.4) is 0 Å². The zero-order chi connectivity index (χ0) is 44.6. The normalized spacial score (nSPS) is 11.7. The predicted molar refractivity (Wildman–Crippen MR) is 247 cm³/mol. The van der Waals surface area contributed by atoms with Crippen LogP contribution < -0.4 is 20.1 Å². The molecular formula is C42H26BrF3N10O4S4. The lowest BCUT2D eigenvalue weighted by atomic mass is 10.2. The van der Waals surface area contributed by atoms with Crippen LogP contribution in [-0.4, -0.2) is 45.5 Å². The van der Waals surface area contributed by atoms with Crippen molar-refractivity contribution in [3.8, 4) is 0 Å². The van der Waals surface area contributed by atoms with Crippen LogP contribution in [0.25, 0.3) is 43.9 Å². The quantitative estimate of drug-likeness (QED) is 0.101. The third-order valence-corrected chi connectivity index (χ3v) is 13.9. The van der Waals surface area contributed by atoms with Crippen molar-refractivity contribution in [2.45, 2.75) is 9.79 Å². The Bertz CT molecular complexity index is 3420. The molecule has 0 radical (unpaired) electrons. The van der Waals surface area contributed by atoms with Crippen LogP contribution in [0.4, 0.5) is 47.8 Å². The Hall–Kier alpha value is -6.85. The highest BCUT2D eigenvalue weighted by Crippen LogP contribution is 2.31. The van der Waals surface area contributed by atoms with Crippen molar-refractivity contribution in [1.29, 1.82) is 0 Å². The highest BCUT2D eigenvalue weighted by Gasteiger charge is 2.22. The Kier molecular flexibility index (Phi) is 11.5. The number of anilines is 6. The number of aromatic nitrogens is 6. The number of hydrogen-bond donors (Lipinski definition) is 4. The molecule has 10 rings (SSSR count). The molecule has 14 nitrogen and oxygen atoms in total. The lowest BCUT2D eigenvalue weighted by Gasteiger charge is -2.14. The van der Waals surface area contributed by atoms with Crippen LogP contribution in [0.1, 0.15) is 0 Å². The van der Waals surface area contributed by atoms with E-state index < -0.39 is 42.4 Å². The first-order valence-electron chi connectivity index (χ1n) is 18.5. The number of fused-ring (bicyclic) bond motifs is 4. The monoisotopic (exact) mass is 998 g/mol. The lowest BCUT2D eigenvalue weighted by molar-refractivity contribution is 0.504. The maximum atomic E-state index is 13.9. The van der Waals surface area contributed by atoms with Crippen molar-refractivity contribution in [3.63, 3.8) is 0 Å². The number of nitrogens with zero attached hydrogens (tertiary/aromatic N) is 6. The zero-order valence-corrected chi connectivity index (χ0v) is 37.0. The molecule has 6 aromatic carbocycles. The van der Waals surface area contributed by atoms with Crippen LogP contribution in [0.5, 0.6) is 0 Å². The molecule has 0 fully saturated rings. The van der Waals surface area contributed by atoms with E-state index in [2.05, 4.69) is 64.7 Å². The number of nitrogens with one attached hydrogen (secondary N) is 4. The van der Waals surface area contributed by atoms with Gasteiger partial charge in [0.15, 0.2) is 34.9 Å². The first-order chi connectivity index (χ1) is 30.8. The van der Waals surface area contributed by atoms with Gasteiger partial charge in [-0.1, -0.05) is 24.3 Å². The number of hydrogen-bond acceptors (Lipinski definition) is 14. The molecule has 0 saturated carbocycles. The van der Waals surface area contributed by atoms with E-state index in [1.807, 2.05) is 47.2 Å². The van der Waals surface area contributed by atoms with Crippen LogP contribution in [0.2, 0.25) is 0 Å². The standard InChI is InChI=1S/C21H13BrFN5O2S2.C21H13F2N5O2S2/c2*22-15-7-6-14(10-16(15)23)32(29,30)28-21-20(25-18-3-1-2-4-19(18)26-21)24-13-5-8-17-12(9-13)11-31-27-17/h2*1-11H,(H,24,25)(H,26,28). The van der Waals surface area contributed by atoms with Crippen molar-refractivity contribution >= 4 is 138 Å². The maximum Gasteiger partial charge on any atom is 0.263 e. The summed E-state index contributed by atoms with van der Waals surface area (Å²) in [7, 11) is -8.39. The second-order valence-corrected chi connectivity index (χ2v) is 19.1. The topological polar surface area (TPSA) is 194 Å². The summed E-state index contributed by atoms with van der Waals surface area (Å²) in [6.45, 7) is 0. The van der Waals surface area contributed by atoms with Gasteiger partial charge in [-0.05, 0) is 136 Å². The molecule has 4 heterocycles. The molecule has 0 atom stereocenters. The summed E-state index contributed by atoms with van der Waals surface area (Å²) in [5.41, 5.74) is 5.14. The van der Waals surface area contributed by atoms with Gasteiger partial charge >= 0.3 is 0 Å². The zero-order valence-electron chi connectivity index (χ0n) is 32.2. The molecular weight excluding hydrogens is 974 g/mol. The Labute approximate surface area is 377 Å². The number of sulfonamides is 2. The summed E-state index contributed by atoms with van der Waals surface area (Å²) in [5.74, 6) is -2.82. The number of para-hydroxylation sites is 4. The largest absolute Gasteiger partial charge is 0.337 e. The van der Waals surface area contributed by atoms with E-state index >= 15 is 0 Å². The van der Waals surface area contributed by atoms with Gasteiger partial charge in [-0.25, -0.2) is 49.9 Å². The highest BCUT2D eigenvalue weighted by molar-refractivity contribution is 9.10. The second kappa shape index (κ2) is 17.4. The van der Waals surface area contributed by atoms with Crippen LogP contribution in [0.15, 0.2) is 146 Å². The smallest absolute Gasteiger partial charge is 0.263 e. The fourth-order valence-electron chi connectivity index (χ4n) is 6.15. The van der Waals surface area contributed by atoms with Gasteiger partial charge in [0.2, 0.25) is 0 Å². The van der Waals surface area contributed by atoms with Crippen molar-refractivity contribution in [1.82, 2.24) is 28.7 Å². The van der Waals surface area contributed by atoms with E-state index in [4.69, 9.17) is 0 Å². The molecule has 0 amide bonds. The molecule has 0 aliphatic rings. The van der Waals surface area contributed by atoms with Gasteiger partial charge in [-0.2, -0.15) is 8.75 Å². The van der Waals surface area contributed by atoms with E-state index in [0.29, 0.717) is 39.5 Å². The summed E-state index contributed by atoms with van der Waals surface area (Å²) in [6.07, 6.45) is 0. The van der Waals surface area contributed by atoms with E-state index in [-0.39, 0.29) is 32.6 Å². The third kappa shape index (κ3) is 9.12.